The molecule has 1 heterocycles. The van der Waals surface area contributed by atoms with Crippen molar-refractivity contribution in [1.29, 1.82) is 0 Å². The first-order valence-corrected chi connectivity index (χ1v) is 10.3. The third kappa shape index (κ3) is 6.84. The molecular formula is C22H32FN3O3. The molecule has 160 valence electrons. The first-order valence-electron chi connectivity index (χ1n) is 10.3. The van der Waals surface area contributed by atoms with Crippen LogP contribution in [0.15, 0.2) is 23.2 Å². The van der Waals surface area contributed by atoms with Gasteiger partial charge in [0.1, 0.15) is 23.7 Å². The maximum Gasteiger partial charge on any atom is 0.345 e. The second-order valence-corrected chi connectivity index (χ2v) is 8.00. The smallest absolute Gasteiger partial charge is 0.345 e. The van der Waals surface area contributed by atoms with E-state index in [2.05, 4.69) is 4.99 Å². The van der Waals surface area contributed by atoms with Crippen molar-refractivity contribution in [2.24, 2.45) is 22.6 Å². The quantitative estimate of drug-likeness (QED) is 0.305. The van der Waals surface area contributed by atoms with Crippen LogP contribution >= 0.6 is 0 Å². The van der Waals surface area contributed by atoms with Gasteiger partial charge in [0, 0.05) is 31.0 Å². The number of carbonyl (C=O) groups excluding carboxylic acids is 2. The van der Waals surface area contributed by atoms with Crippen LogP contribution < -0.4 is 10.5 Å². The number of likely N-dealkylation sites (tertiary alicyclic amines) is 1. The summed E-state index contributed by atoms with van der Waals surface area (Å²) >= 11 is 0. The van der Waals surface area contributed by atoms with Crippen molar-refractivity contribution >= 4 is 18.2 Å². The summed E-state index contributed by atoms with van der Waals surface area (Å²) in [6.07, 6.45) is 4.47. The van der Waals surface area contributed by atoms with Crippen LogP contribution in [0.3, 0.4) is 0 Å². The minimum atomic E-state index is -0.464. The Kier molecular flexibility index (Phi) is 8.61. The highest BCUT2D eigenvalue weighted by atomic mass is 19.1. The van der Waals surface area contributed by atoms with Gasteiger partial charge in [-0.2, -0.15) is 4.99 Å². The largest absolute Gasteiger partial charge is 0.493 e. The van der Waals surface area contributed by atoms with Crippen LogP contribution in [0, 0.1) is 17.7 Å². The first-order chi connectivity index (χ1) is 13.8. The summed E-state index contributed by atoms with van der Waals surface area (Å²) in [5.41, 5.74) is 6.15. The Hall–Kier alpha value is -2.44. The third-order valence-electron chi connectivity index (χ3n) is 5.39. The summed E-state index contributed by atoms with van der Waals surface area (Å²) in [5.74, 6) is 0.579. The highest BCUT2D eigenvalue weighted by Gasteiger charge is 2.22. The number of carbonyl (C=O) groups is 2. The average Bonchev–Trinajstić information content (AvgIpc) is 2.71. The zero-order valence-corrected chi connectivity index (χ0v) is 17.6. The van der Waals surface area contributed by atoms with Gasteiger partial charge in [-0.25, -0.2) is 9.18 Å². The molecule has 1 aliphatic heterocycles. The maximum atomic E-state index is 14.0. The summed E-state index contributed by atoms with van der Waals surface area (Å²) in [7, 11) is 0. The molecule has 1 fully saturated rings. The molecule has 1 aromatic rings. The number of amides is 2. The van der Waals surface area contributed by atoms with Crippen molar-refractivity contribution < 1.29 is 18.7 Å². The molecule has 1 atom stereocenters. The Morgan fingerprint density at radius 1 is 1.34 bits per heavy atom. The molecular weight excluding hydrogens is 373 g/mol. The lowest BCUT2D eigenvalue weighted by molar-refractivity contribution is -0.108. The number of piperidine rings is 1. The number of ether oxygens (including phenoxy) is 1. The molecule has 0 bridgehead atoms. The van der Waals surface area contributed by atoms with Crippen LogP contribution in [-0.4, -0.2) is 42.7 Å². The van der Waals surface area contributed by atoms with Crippen molar-refractivity contribution in [1.82, 2.24) is 4.90 Å². The number of hydrogen-bond donors (Lipinski definition) is 1. The summed E-state index contributed by atoms with van der Waals surface area (Å²) in [4.78, 5) is 28.7. The minimum absolute atomic E-state index is 0.0644. The lowest BCUT2D eigenvalue weighted by Crippen LogP contribution is -2.38. The van der Waals surface area contributed by atoms with E-state index >= 15 is 0 Å². The van der Waals surface area contributed by atoms with Crippen molar-refractivity contribution in [2.75, 3.05) is 19.7 Å². The Labute approximate surface area is 172 Å². The highest BCUT2D eigenvalue weighted by molar-refractivity contribution is 5.93. The molecule has 1 unspecified atom stereocenters. The third-order valence-corrected chi connectivity index (χ3v) is 5.39. The zero-order valence-electron chi connectivity index (χ0n) is 17.6. The number of nitrogens with two attached hydrogens (primary N) is 1. The molecule has 0 aliphatic carbocycles. The molecule has 29 heavy (non-hydrogen) atoms. The van der Waals surface area contributed by atoms with Crippen molar-refractivity contribution in [3.8, 4) is 5.75 Å². The number of nitrogens with zero attached hydrogens (tertiary/aromatic N) is 2. The predicted octanol–water partition coefficient (Wildman–Crippen LogP) is 4.13. The van der Waals surface area contributed by atoms with Gasteiger partial charge in [0.05, 0.1) is 6.61 Å². The maximum absolute atomic E-state index is 14.0. The topological polar surface area (TPSA) is 85.0 Å². The molecule has 0 spiro atoms. The molecule has 2 amide bonds. The molecule has 1 aliphatic rings. The van der Waals surface area contributed by atoms with Gasteiger partial charge < -0.3 is 20.2 Å². The van der Waals surface area contributed by atoms with Crippen LogP contribution in [0.5, 0.6) is 5.75 Å². The lowest BCUT2D eigenvalue weighted by Gasteiger charge is -2.30. The molecule has 1 saturated heterocycles. The Morgan fingerprint density at radius 2 is 2.03 bits per heavy atom. The first kappa shape index (κ1) is 22.8. The molecule has 0 aromatic heterocycles. The Bertz CT molecular complexity index is 728. The van der Waals surface area contributed by atoms with E-state index < -0.39 is 11.7 Å². The fourth-order valence-corrected chi connectivity index (χ4v) is 3.33. The van der Waals surface area contributed by atoms with E-state index in [9.17, 15) is 14.0 Å². The molecule has 2 N–H and O–H groups in total. The number of aldehydes is 1. The summed E-state index contributed by atoms with van der Waals surface area (Å²) < 4.78 is 19.7. The summed E-state index contributed by atoms with van der Waals surface area (Å²) in [5, 5.41) is 0. The Morgan fingerprint density at radius 3 is 2.62 bits per heavy atom. The van der Waals surface area contributed by atoms with Crippen LogP contribution in [0.4, 0.5) is 9.18 Å². The molecule has 7 heteroatoms. The number of hydrogen-bond acceptors (Lipinski definition) is 3. The minimum Gasteiger partial charge on any atom is -0.493 e. The number of urea groups is 1. The van der Waals surface area contributed by atoms with Gasteiger partial charge >= 0.3 is 6.03 Å². The second kappa shape index (κ2) is 10.9. The van der Waals surface area contributed by atoms with Gasteiger partial charge in [0.25, 0.3) is 0 Å². The van der Waals surface area contributed by atoms with Crippen molar-refractivity contribution in [3.05, 3.63) is 29.6 Å². The lowest BCUT2D eigenvalue weighted by atomic mass is 9.92. The van der Waals surface area contributed by atoms with Crippen molar-refractivity contribution in [3.63, 3.8) is 0 Å². The zero-order chi connectivity index (χ0) is 21.4. The van der Waals surface area contributed by atoms with E-state index in [4.69, 9.17) is 10.5 Å². The van der Waals surface area contributed by atoms with Crippen LogP contribution in [0.1, 0.15) is 57.9 Å². The fraction of sp³-hybridized carbons (Fsp3) is 0.591. The predicted molar refractivity (Wildman–Crippen MR) is 112 cm³/mol. The second-order valence-electron chi connectivity index (χ2n) is 8.00. The van der Waals surface area contributed by atoms with Gasteiger partial charge in [0.2, 0.25) is 0 Å². The molecule has 2 rings (SSSR count). The van der Waals surface area contributed by atoms with Crippen LogP contribution in [0.2, 0.25) is 0 Å². The SMILES string of the molecule is CC(C)/C(N)=N/C(=O)N1CCC(CCCOc2ccc(C(C)C=O)c(F)c2)CC1. The van der Waals surface area contributed by atoms with E-state index in [0.29, 0.717) is 42.8 Å². The number of rotatable bonds is 8. The van der Waals surface area contributed by atoms with E-state index in [-0.39, 0.29) is 11.9 Å². The number of amidine groups is 1. The Balaban J connectivity index is 1.70. The summed E-state index contributed by atoms with van der Waals surface area (Å²) in [6, 6.07) is 4.40. The van der Waals surface area contributed by atoms with E-state index in [0.717, 1.165) is 32.0 Å². The number of aliphatic imine (C=N–C) groups is 1. The molecule has 1 aromatic carbocycles. The van der Waals surface area contributed by atoms with Gasteiger partial charge in [-0.1, -0.05) is 26.8 Å². The normalized spacial score (nSPS) is 16.7. The van der Waals surface area contributed by atoms with Crippen molar-refractivity contribution in [2.45, 2.75) is 52.4 Å². The van der Waals surface area contributed by atoms with Gasteiger partial charge in [0.15, 0.2) is 0 Å². The molecule has 6 nitrogen and oxygen atoms in total. The molecule has 0 saturated carbocycles. The van der Waals surface area contributed by atoms with Gasteiger partial charge in [-0.15, -0.1) is 0 Å². The number of halogens is 1. The average molecular weight is 406 g/mol. The van der Waals surface area contributed by atoms with Gasteiger partial charge in [-0.05, 0) is 43.2 Å². The van der Waals surface area contributed by atoms with Crippen LogP contribution in [-0.2, 0) is 4.79 Å². The highest BCUT2D eigenvalue weighted by Crippen LogP contribution is 2.24. The van der Waals surface area contributed by atoms with E-state index in [1.807, 2.05) is 13.8 Å². The van der Waals surface area contributed by atoms with Gasteiger partial charge in [-0.3, -0.25) is 0 Å². The van der Waals surface area contributed by atoms with Crippen LogP contribution in [0.25, 0.3) is 0 Å². The van der Waals surface area contributed by atoms with E-state index in [1.54, 1.807) is 24.0 Å². The fourth-order valence-electron chi connectivity index (χ4n) is 3.33. The monoisotopic (exact) mass is 405 g/mol. The van der Waals surface area contributed by atoms with E-state index in [1.165, 1.54) is 6.07 Å². The number of benzene rings is 1. The summed E-state index contributed by atoms with van der Waals surface area (Å²) in [6.45, 7) is 7.39. The standard InChI is InChI=1S/C22H32FN3O3/c1-15(2)21(24)25-22(28)26-10-8-17(9-11-26)5-4-12-29-18-6-7-19(16(3)14-27)20(23)13-18/h6-7,13-17H,4-5,8-12H2,1-3H3,(H2,24,25,28). The molecule has 0 radical (unpaired) electrons.